The molecule has 31 heavy (non-hydrogen) atoms. The Morgan fingerprint density at radius 3 is 2.58 bits per heavy atom. The highest BCUT2D eigenvalue weighted by Crippen LogP contribution is 2.40. The molecule has 0 saturated heterocycles. The Morgan fingerprint density at radius 1 is 1.26 bits per heavy atom. The van der Waals surface area contributed by atoms with Crippen LogP contribution in [-0.4, -0.2) is 46.4 Å². The van der Waals surface area contributed by atoms with E-state index >= 15 is 0 Å². The Hall–Kier alpha value is -3.04. The minimum Gasteiger partial charge on any atom is -0.504 e. The Morgan fingerprint density at radius 2 is 1.97 bits per heavy atom. The first-order chi connectivity index (χ1) is 14.6. The minimum atomic E-state index is -3.51. The van der Waals surface area contributed by atoms with Crippen LogP contribution in [0.5, 0.6) is 17.2 Å². The van der Waals surface area contributed by atoms with Crippen LogP contribution in [0, 0.1) is 11.3 Å². The van der Waals surface area contributed by atoms with Crippen LogP contribution in [0.4, 0.5) is 5.13 Å². The van der Waals surface area contributed by atoms with E-state index in [0.717, 1.165) is 24.2 Å². The van der Waals surface area contributed by atoms with Gasteiger partial charge in [0.15, 0.2) is 16.6 Å². The van der Waals surface area contributed by atoms with Crippen molar-refractivity contribution >= 4 is 32.4 Å². The van der Waals surface area contributed by atoms with Gasteiger partial charge in [-0.3, -0.25) is 9.52 Å². The van der Waals surface area contributed by atoms with Gasteiger partial charge in [-0.25, -0.2) is 13.4 Å². The molecule has 2 rings (SSSR count). The van der Waals surface area contributed by atoms with E-state index in [1.807, 2.05) is 6.92 Å². The molecule has 5 N–H and O–H groups in total. The topological polar surface area (TPSA) is 173 Å². The van der Waals surface area contributed by atoms with Gasteiger partial charge in [0.1, 0.15) is 11.8 Å². The summed E-state index contributed by atoms with van der Waals surface area (Å²) in [5.41, 5.74) is 0.0388. The number of thiazole rings is 1. The molecule has 1 atom stereocenters. The molecule has 0 spiro atoms. The lowest BCUT2D eigenvalue weighted by Gasteiger charge is -2.19. The number of nitrogens with zero attached hydrogens (tertiary/aromatic N) is 2. The van der Waals surface area contributed by atoms with Crippen molar-refractivity contribution in [1.82, 2.24) is 10.3 Å². The number of nitrogens with one attached hydrogen (secondary N) is 2. The van der Waals surface area contributed by atoms with E-state index in [0.29, 0.717) is 6.42 Å². The van der Waals surface area contributed by atoms with E-state index in [4.69, 9.17) is 5.26 Å². The molecule has 0 saturated carbocycles. The molecule has 0 radical (unpaired) electrons. The van der Waals surface area contributed by atoms with Gasteiger partial charge in [-0.15, -0.1) is 11.3 Å². The average Bonchev–Trinajstić information content (AvgIpc) is 3.20. The number of aromatic hydroxyl groups is 3. The van der Waals surface area contributed by atoms with Gasteiger partial charge >= 0.3 is 0 Å². The van der Waals surface area contributed by atoms with Crippen LogP contribution < -0.4 is 10.0 Å². The number of sulfonamides is 1. The van der Waals surface area contributed by atoms with Crippen LogP contribution in [0.2, 0.25) is 0 Å². The van der Waals surface area contributed by atoms with Crippen LogP contribution in [0.25, 0.3) is 0 Å². The van der Waals surface area contributed by atoms with E-state index in [9.17, 15) is 28.5 Å². The average molecular weight is 469 g/mol. The predicted octanol–water partition coefficient (Wildman–Crippen LogP) is 2.42. The highest BCUT2D eigenvalue weighted by Gasteiger charge is 2.22. The van der Waals surface area contributed by atoms with Crippen molar-refractivity contribution in [2.45, 2.75) is 45.6 Å². The smallest absolute Gasteiger partial charge is 0.271 e. The van der Waals surface area contributed by atoms with Crippen molar-refractivity contribution in [2.75, 3.05) is 10.5 Å². The molecule has 0 bridgehead atoms. The first kappa shape index (κ1) is 24.2. The number of phenolic OH excluding ortho intramolecular Hbond substituents is 3. The van der Waals surface area contributed by atoms with Crippen LogP contribution in [0.3, 0.4) is 0 Å². The summed E-state index contributed by atoms with van der Waals surface area (Å²) >= 11 is 0.981. The maximum absolute atomic E-state index is 12.6. The maximum atomic E-state index is 12.6. The molecule has 1 aromatic carbocycles. The Bertz CT molecular complexity index is 1090. The Kier molecular flexibility index (Phi) is 8.07. The van der Waals surface area contributed by atoms with Gasteiger partial charge in [0.2, 0.25) is 15.8 Å². The van der Waals surface area contributed by atoms with Gasteiger partial charge in [-0.05, 0) is 25.8 Å². The largest absolute Gasteiger partial charge is 0.504 e. The number of aromatic nitrogens is 1. The SMILES string of the molecule is CCCCC(Cc1cc(C#N)c(O)c(O)c1O)NC(=O)c1csc(NS(=O)(=O)CC)n1. The zero-order chi connectivity index (χ0) is 23.2. The first-order valence-electron chi connectivity index (χ1n) is 9.55. The second kappa shape index (κ2) is 10.3. The Labute approximate surface area is 184 Å². The molecule has 0 aliphatic rings. The number of rotatable bonds is 10. The first-order valence-corrected chi connectivity index (χ1v) is 12.1. The summed E-state index contributed by atoms with van der Waals surface area (Å²) in [5, 5.41) is 43.1. The highest BCUT2D eigenvalue weighted by atomic mass is 32.2. The molecule has 1 unspecified atom stereocenters. The number of nitriles is 1. The van der Waals surface area contributed by atoms with Crippen molar-refractivity contribution < 1.29 is 28.5 Å². The van der Waals surface area contributed by atoms with Gasteiger partial charge in [0, 0.05) is 17.0 Å². The molecule has 1 heterocycles. The van der Waals surface area contributed by atoms with Crippen molar-refractivity contribution in [3.8, 4) is 23.3 Å². The fourth-order valence-electron chi connectivity index (χ4n) is 2.77. The molecule has 168 valence electrons. The zero-order valence-electron chi connectivity index (χ0n) is 17.0. The summed E-state index contributed by atoms with van der Waals surface area (Å²) in [6.45, 7) is 3.46. The lowest BCUT2D eigenvalue weighted by molar-refractivity contribution is 0.0929. The van der Waals surface area contributed by atoms with Crippen molar-refractivity contribution in [2.24, 2.45) is 0 Å². The standard InChI is InChI=1S/C19H24N4O6S2/c1-3-5-6-13(8-11-7-12(9-20)16(25)17(26)15(11)24)21-18(27)14-10-30-19(22-14)23-31(28,29)4-2/h7,10,13,24-26H,3-6,8H2,1-2H3,(H,21,27)(H,22,23). The Balaban J connectivity index is 2.21. The summed E-state index contributed by atoms with van der Waals surface area (Å²) in [7, 11) is -3.51. The van der Waals surface area contributed by atoms with E-state index in [-0.39, 0.29) is 34.1 Å². The third-order valence-electron chi connectivity index (χ3n) is 4.51. The molecule has 1 amide bonds. The lowest BCUT2D eigenvalue weighted by Crippen LogP contribution is -2.36. The highest BCUT2D eigenvalue weighted by molar-refractivity contribution is 7.92. The predicted molar refractivity (Wildman–Crippen MR) is 116 cm³/mol. The van der Waals surface area contributed by atoms with Gasteiger partial charge in [0.05, 0.1) is 11.3 Å². The van der Waals surface area contributed by atoms with Crippen LogP contribution >= 0.6 is 11.3 Å². The molecule has 10 nitrogen and oxygen atoms in total. The second-order valence-electron chi connectivity index (χ2n) is 6.80. The maximum Gasteiger partial charge on any atom is 0.271 e. The van der Waals surface area contributed by atoms with E-state index < -0.39 is 39.2 Å². The number of carbonyl (C=O) groups excluding carboxylic acids is 1. The van der Waals surface area contributed by atoms with Crippen molar-refractivity contribution in [3.05, 3.63) is 28.3 Å². The number of hydrogen-bond donors (Lipinski definition) is 5. The summed E-state index contributed by atoms with van der Waals surface area (Å²) in [6.07, 6.45) is 2.26. The van der Waals surface area contributed by atoms with Gasteiger partial charge in [0.25, 0.3) is 5.91 Å². The number of unbranched alkanes of at least 4 members (excludes halogenated alkanes) is 1. The summed E-state index contributed by atoms with van der Waals surface area (Å²) in [4.78, 5) is 16.6. The quantitative estimate of drug-likeness (QED) is 0.331. The normalized spacial score (nSPS) is 12.2. The van der Waals surface area contributed by atoms with Gasteiger partial charge < -0.3 is 20.6 Å². The summed E-state index contributed by atoms with van der Waals surface area (Å²) in [5.74, 6) is -2.70. The molecule has 0 aliphatic heterocycles. The fraction of sp³-hybridized carbons (Fsp3) is 0.421. The number of anilines is 1. The van der Waals surface area contributed by atoms with Crippen molar-refractivity contribution in [3.63, 3.8) is 0 Å². The minimum absolute atomic E-state index is 0.0378. The molecule has 0 fully saturated rings. The summed E-state index contributed by atoms with van der Waals surface area (Å²) < 4.78 is 25.6. The third kappa shape index (κ3) is 6.22. The zero-order valence-corrected chi connectivity index (χ0v) is 18.7. The monoisotopic (exact) mass is 468 g/mol. The van der Waals surface area contributed by atoms with Gasteiger partial charge in [-0.2, -0.15) is 5.26 Å². The molecular weight excluding hydrogens is 444 g/mol. The van der Waals surface area contributed by atoms with Crippen molar-refractivity contribution in [1.29, 1.82) is 5.26 Å². The number of phenols is 3. The van der Waals surface area contributed by atoms with E-state index in [1.54, 1.807) is 6.07 Å². The van der Waals surface area contributed by atoms with Crippen LogP contribution in [0.15, 0.2) is 11.4 Å². The van der Waals surface area contributed by atoms with E-state index in [1.165, 1.54) is 18.4 Å². The molecule has 0 aliphatic carbocycles. The van der Waals surface area contributed by atoms with Crippen LogP contribution in [0.1, 0.15) is 54.7 Å². The molecule has 12 heteroatoms. The van der Waals surface area contributed by atoms with Gasteiger partial charge in [-0.1, -0.05) is 19.8 Å². The molecule has 1 aromatic heterocycles. The summed E-state index contributed by atoms with van der Waals surface area (Å²) in [6, 6.07) is 2.53. The molecule has 2 aromatic rings. The number of amides is 1. The van der Waals surface area contributed by atoms with Crippen LogP contribution in [-0.2, 0) is 16.4 Å². The third-order valence-corrected chi connectivity index (χ3v) is 6.67. The number of hydrogen-bond acceptors (Lipinski definition) is 9. The van der Waals surface area contributed by atoms with E-state index in [2.05, 4.69) is 15.0 Å². The number of benzene rings is 1. The second-order valence-corrected chi connectivity index (χ2v) is 9.67. The lowest BCUT2D eigenvalue weighted by atomic mass is 9.97. The molecular formula is C19H24N4O6S2. The number of carbonyl (C=O) groups is 1. The fourth-order valence-corrected chi connectivity index (χ4v) is 4.34.